The summed E-state index contributed by atoms with van der Waals surface area (Å²) in [4.78, 5) is 22.7. The first-order valence-corrected chi connectivity index (χ1v) is 6.77. The van der Waals surface area contributed by atoms with E-state index >= 15 is 0 Å². The van der Waals surface area contributed by atoms with Gasteiger partial charge in [0.25, 0.3) is 0 Å². The Morgan fingerprint density at radius 2 is 1.74 bits per heavy atom. The second-order valence-electron chi connectivity index (χ2n) is 3.73. The van der Waals surface area contributed by atoms with Crippen molar-refractivity contribution in [3.63, 3.8) is 0 Å². The van der Waals surface area contributed by atoms with Crippen molar-refractivity contribution < 1.29 is 23.8 Å². The van der Waals surface area contributed by atoms with Crippen molar-refractivity contribution in [2.75, 3.05) is 14.2 Å². The fourth-order valence-electron chi connectivity index (χ4n) is 1.51. The maximum Gasteiger partial charge on any atom is 0.322 e. The molecular weight excluding hydrogens is 363 g/mol. The summed E-state index contributed by atoms with van der Waals surface area (Å²) in [5.74, 6) is -0.206. The quantitative estimate of drug-likeness (QED) is 0.447. The van der Waals surface area contributed by atoms with Gasteiger partial charge in [-0.05, 0) is 17.7 Å². The van der Waals surface area contributed by atoms with E-state index in [-0.39, 0.29) is 0 Å². The normalized spacial score (nSPS) is 13.3. The number of ether oxygens (including phenoxy) is 3. The molecule has 5 nitrogen and oxygen atoms in total. The van der Waals surface area contributed by atoms with Crippen LogP contribution in [0.4, 0.5) is 0 Å². The molecule has 2 atom stereocenters. The standard InChI is InChI=1S/C13H15IO5/c1-8(15)19-12(11(14)13(16)18-3)9-4-6-10(17-2)7-5-9/h4-7,11-12H,1-3H3/t11-,12-/m0/s1. The number of esters is 2. The molecule has 0 heterocycles. The summed E-state index contributed by atoms with van der Waals surface area (Å²) in [6.45, 7) is 1.30. The van der Waals surface area contributed by atoms with Crippen LogP contribution < -0.4 is 4.74 Å². The highest BCUT2D eigenvalue weighted by Crippen LogP contribution is 2.29. The lowest BCUT2D eigenvalue weighted by atomic mass is 10.1. The monoisotopic (exact) mass is 378 g/mol. The van der Waals surface area contributed by atoms with Crippen molar-refractivity contribution in [2.24, 2.45) is 0 Å². The smallest absolute Gasteiger partial charge is 0.322 e. The first-order chi connectivity index (χ1) is 8.99. The van der Waals surface area contributed by atoms with Crippen LogP contribution in [-0.4, -0.2) is 30.1 Å². The number of hydrogen-bond donors (Lipinski definition) is 0. The topological polar surface area (TPSA) is 61.8 Å². The first kappa shape index (κ1) is 15.7. The van der Waals surface area contributed by atoms with Gasteiger partial charge in [-0.3, -0.25) is 9.59 Å². The van der Waals surface area contributed by atoms with E-state index in [1.165, 1.54) is 14.0 Å². The molecule has 0 saturated heterocycles. The van der Waals surface area contributed by atoms with Gasteiger partial charge in [-0.1, -0.05) is 34.7 Å². The number of benzene rings is 1. The molecule has 0 unspecified atom stereocenters. The number of alkyl halides is 1. The van der Waals surface area contributed by atoms with Gasteiger partial charge in [-0.2, -0.15) is 0 Å². The van der Waals surface area contributed by atoms with Gasteiger partial charge in [0.15, 0.2) is 0 Å². The Hall–Kier alpha value is -1.31. The van der Waals surface area contributed by atoms with Crippen LogP contribution in [0.2, 0.25) is 0 Å². The van der Waals surface area contributed by atoms with E-state index in [0.717, 1.165) is 0 Å². The van der Waals surface area contributed by atoms with Crippen LogP contribution in [0.3, 0.4) is 0 Å². The average Bonchev–Trinajstić information content (AvgIpc) is 2.43. The number of hydrogen-bond acceptors (Lipinski definition) is 5. The third kappa shape index (κ3) is 4.38. The van der Waals surface area contributed by atoms with E-state index in [2.05, 4.69) is 4.74 Å². The minimum atomic E-state index is -0.684. The first-order valence-electron chi connectivity index (χ1n) is 5.52. The lowest BCUT2D eigenvalue weighted by Crippen LogP contribution is -2.27. The van der Waals surface area contributed by atoms with E-state index in [0.29, 0.717) is 11.3 Å². The van der Waals surface area contributed by atoms with Crippen LogP contribution in [0, 0.1) is 0 Å². The van der Waals surface area contributed by atoms with E-state index in [4.69, 9.17) is 9.47 Å². The van der Waals surface area contributed by atoms with Crippen molar-refractivity contribution >= 4 is 34.5 Å². The second-order valence-corrected chi connectivity index (χ2v) is 5.07. The van der Waals surface area contributed by atoms with Gasteiger partial charge >= 0.3 is 11.9 Å². The molecule has 0 spiro atoms. The Balaban J connectivity index is 3.00. The number of rotatable bonds is 5. The maximum atomic E-state index is 11.6. The molecule has 1 rings (SSSR count). The molecule has 0 amide bonds. The lowest BCUT2D eigenvalue weighted by Gasteiger charge is -2.21. The summed E-state index contributed by atoms with van der Waals surface area (Å²) in [5.41, 5.74) is 0.709. The van der Waals surface area contributed by atoms with Gasteiger partial charge < -0.3 is 14.2 Å². The Labute approximate surface area is 125 Å². The van der Waals surface area contributed by atoms with Gasteiger partial charge in [0.2, 0.25) is 0 Å². The minimum Gasteiger partial charge on any atom is -0.497 e. The molecule has 0 aliphatic heterocycles. The molecule has 0 aliphatic carbocycles. The van der Waals surface area contributed by atoms with Crippen LogP contribution >= 0.6 is 22.6 Å². The summed E-state index contributed by atoms with van der Waals surface area (Å²) in [7, 11) is 2.86. The molecule has 0 radical (unpaired) electrons. The Morgan fingerprint density at radius 1 is 1.16 bits per heavy atom. The Bertz CT molecular complexity index is 443. The van der Waals surface area contributed by atoms with Crippen LogP contribution in [0.5, 0.6) is 5.75 Å². The predicted octanol–water partition coefficient (Wildman–Crippen LogP) is 2.28. The fraction of sp³-hybridized carbons (Fsp3) is 0.385. The largest absolute Gasteiger partial charge is 0.497 e. The highest BCUT2D eigenvalue weighted by atomic mass is 127. The highest BCUT2D eigenvalue weighted by Gasteiger charge is 2.30. The molecule has 0 fully saturated rings. The number of halogens is 1. The fourth-order valence-corrected chi connectivity index (χ4v) is 2.32. The summed E-state index contributed by atoms with van der Waals surface area (Å²) in [5, 5.41) is 0. The van der Waals surface area contributed by atoms with Crippen molar-refractivity contribution in [3.8, 4) is 5.75 Å². The molecule has 0 saturated carbocycles. The SMILES string of the molecule is COC(=O)[C@@H](I)[C@@H](OC(C)=O)c1ccc(OC)cc1. The molecule has 1 aromatic rings. The highest BCUT2D eigenvalue weighted by molar-refractivity contribution is 14.1. The molecule has 19 heavy (non-hydrogen) atoms. The third-order valence-electron chi connectivity index (χ3n) is 2.43. The van der Waals surface area contributed by atoms with Gasteiger partial charge in [-0.25, -0.2) is 0 Å². The van der Waals surface area contributed by atoms with Gasteiger partial charge in [0.1, 0.15) is 15.8 Å². The van der Waals surface area contributed by atoms with Gasteiger partial charge in [-0.15, -0.1) is 0 Å². The summed E-state index contributed by atoms with van der Waals surface area (Å²) >= 11 is 1.90. The lowest BCUT2D eigenvalue weighted by molar-refractivity contribution is -0.151. The van der Waals surface area contributed by atoms with Crippen molar-refractivity contribution in [1.82, 2.24) is 0 Å². The molecule has 104 valence electrons. The maximum absolute atomic E-state index is 11.6. The Kier molecular flexibility index (Phi) is 6.07. The van der Waals surface area contributed by atoms with Crippen molar-refractivity contribution in [3.05, 3.63) is 29.8 Å². The Morgan fingerprint density at radius 3 is 2.16 bits per heavy atom. The van der Waals surface area contributed by atoms with E-state index < -0.39 is 22.0 Å². The van der Waals surface area contributed by atoms with Crippen molar-refractivity contribution in [1.29, 1.82) is 0 Å². The molecule has 0 bridgehead atoms. The van der Waals surface area contributed by atoms with Crippen LogP contribution in [0.25, 0.3) is 0 Å². The summed E-state index contributed by atoms with van der Waals surface area (Å²) < 4.78 is 14.3. The molecule has 6 heteroatoms. The van der Waals surface area contributed by atoms with E-state index in [9.17, 15) is 9.59 Å². The molecule has 0 aromatic heterocycles. The summed E-state index contributed by atoms with van der Waals surface area (Å²) in [6.07, 6.45) is -0.684. The molecule has 0 N–H and O–H groups in total. The van der Waals surface area contributed by atoms with Crippen LogP contribution in [-0.2, 0) is 19.1 Å². The second kappa shape index (κ2) is 7.32. The molecule has 1 aromatic carbocycles. The molecule has 0 aliphatic rings. The number of methoxy groups -OCH3 is 2. The zero-order valence-corrected chi connectivity index (χ0v) is 13.0. The summed E-state index contributed by atoms with van der Waals surface area (Å²) in [6, 6.07) is 6.99. The zero-order chi connectivity index (χ0) is 14.4. The van der Waals surface area contributed by atoms with Crippen molar-refractivity contribution in [2.45, 2.75) is 17.0 Å². The van der Waals surface area contributed by atoms with Crippen LogP contribution in [0.15, 0.2) is 24.3 Å². The number of carbonyl (C=O) groups is 2. The zero-order valence-electron chi connectivity index (χ0n) is 10.9. The van der Waals surface area contributed by atoms with E-state index in [1.807, 2.05) is 22.6 Å². The van der Waals surface area contributed by atoms with Gasteiger partial charge in [0.05, 0.1) is 14.2 Å². The van der Waals surface area contributed by atoms with Crippen LogP contribution in [0.1, 0.15) is 18.6 Å². The molecular formula is C13H15IO5. The number of carbonyl (C=O) groups excluding carboxylic acids is 2. The minimum absolute atomic E-state index is 0.442. The predicted molar refractivity (Wildman–Crippen MR) is 77.3 cm³/mol. The van der Waals surface area contributed by atoms with Gasteiger partial charge in [0, 0.05) is 6.92 Å². The van der Waals surface area contributed by atoms with E-state index in [1.54, 1.807) is 31.4 Å². The average molecular weight is 378 g/mol. The third-order valence-corrected chi connectivity index (χ3v) is 3.59.